The van der Waals surface area contributed by atoms with Crippen LogP contribution in [-0.4, -0.2) is 61.1 Å². The van der Waals surface area contributed by atoms with Crippen molar-refractivity contribution in [2.24, 2.45) is 0 Å². The number of piperazine rings is 1. The highest BCUT2D eigenvalue weighted by Crippen LogP contribution is 2.18. The Morgan fingerprint density at radius 2 is 2.13 bits per heavy atom. The van der Waals surface area contributed by atoms with Crippen molar-refractivity contribution in [1.29, 1.82) is 0 Å². The second kappa shape index (κ2) is 8.06. The topological polar surface area (TPSA) is 35.6 Å². The molecule has 2 aliphatic rings. The van der Waals surface area contributed by atoms with Gasteiger partial charge in [-0.3, -0.25) is 9.69 Å². The Kier molecular flexibility index (Phi) is 5.84. The van der Waals surface area contributed by atoms with E-state index in [1.165, 1.54) is 17.0 Å². The molecule has 0 unspecified atom stereocenters. The number of carbonyl (C=O) groups excluding carboxylic acids is 1. The van der Waals surface area contributed by atoms with Crippen molar-refractivity contribution in [1.82, 2.24) is 10.2 Å². The average molecular weight is 334 g/mol. The van der Waals surface area contributed by atoms with Gasteiger partial charge in [0, 0.05) is 56.6 Å². The van der Waals surface area contributed by atoms with Crippen LogP contribution in [-0.2, 0) is 4.79 Å². The number of nitrogens with one attached hydrogen (secondary N) is 1. The van der Waals surface area contributed by atoms with Gasteiger partial charge < -0.3 is 10.2 Å². The van der Waals surface area contributed by atoms with E-state index >= 15 is 0 Å². The first-order valence-electron chi connectivity index (χ1n) is 8.62. The predicted molar refractivity (Wildman–Crippen MR) is 98.3 cm³/mol. The maximum Gasteiger partial charge on any atom is 0.221 e. The number of nitrogens with zero attached hydrogens (tertiary/aromatic N) is 2. The van der Waals surface area contributed by atoms with Gasteiger partial charge in [0.25, 0.3) is 0 Å². The second-order valence-corrected chi connectivity index (χ2v) is 7.70. The number of rotatable bonds is 5. The summed E-state index contributed by atoms with van der Waals surface area (Å²) in [6.45, 7) is 7.20. The highest BCUT2D eigenvalue weighted by Gasteiger charge is 2.20. The number of thioether (sulfide) groups is 1. The molecule has 1 N–H and O–H groups in total. The van der Waals surface area contributed by atoms with Crippen LogP contribution in [0.1, 0.15) is 18.4 Å². The van der Waals surface area contributed by atoms with E-state index in [-0.39, 0.29) is 5.91 Å². The maximum absolute atomic E-state index is 12.0. The largest absolute Gasteiger partial charge is 0.369 e. The Bertz CT molecular complexity index is 523. The van der Waals surface area contributed by atoms with E-state index in [4.69, 9.17) is 0 Å². The first-order valence-corrected chi connectivity index (χ1v) is 9.77. The molecule has 126 valence electrons. The van der Waals surface area contributed by atoms with Crippen LogP contribution in [0.15, 0.2) is 24.3 Å². The summed E-state index contributed by atoms with van der Waals surface area (Å²) < 4.78 is 0. The second-order valence-electron chi connectivity index (χ2n) is 6.55. The molecule has 1 amide bonds. The molecule has 0 aliphatic carbocycles. The summed E-state index contributed by atoms with van der Waals surface area (Å²) in [6.07, 6.45) is 1.76. The lowest BCUT2D eigenvalue weighted by atomic mass is 10.2. The fourth-order valence-electron chi connectivity index (χ4n) is 3.26. The smallest absolute Gasteiger partial charge is 0.221 e. The third-order valence-electron chi connectivity index (χ3n) is 4.69. The summed E-state index contributed by atoms with van der Waals surface area (Å²) in [5, 5.41) is 3.16. The predicted octanol–water partition coefficient (Wildman–Crippen LogP) is 2.13. The first-order chi connectivity index (χ1) is 11.2. The van der Waals surface area contributed by atoms with Gasteiger partial charge >= 0.3 is 0 Å². The van der Waals surface area contributed by atoms with E-state index in [0.29, 0.717) is 12.5 Å². The van der Waals surface area contributed by atoms with E-state index in [1.807, 2.05) is 11.8 Å². The van der Waals surface area contributed by atoms with Crippen molar-refractivity contribution in [2.45, 2.75) is 25.8 Å². The Morgan fingerprint density at radius 3 is 2.83 bits per heavy atom. The van der Waals surface area contributed by atoms with Gasteiger partial charge in [-0.25, -0.2) is 0 Å². The molecule has 1 aromatic rings. The Hall–Kier alpha value is -1.20. The lowest BCUT2D eigenvalue weighted by Crippen LogP contribution is -2.47. The lowest BCUT2D eigenvalue weighted by Gasteiger charge is -2.36. The number of carbonyl (C=O) groups is 1. The summed E-state index contributed by atoms with van der Waals surface area (Å²) in [5.74, 6) is 2.49. The zero-order valence-electron chi connectivity index (χ0n) is 14.0. The van der Waals surface area contributed by atoms with Crippen LogP contribution >= 0.6 is 11.8 Å². The standard InChI is InChI=1S/C18H27N3OS/c1-15-3-2-4-17(13-15)21-10-8-20(9-11-21)7-5-18(22)19-16-6-12-23-14-16/h2-4,13,16H,5-12,14H2,1H3,(H,19,22)/t16-/m1/s1. The van der Waals surface area contributed by atoms with Crippen LogP contribution in [0.25, 0.3) is 0 Å². The van der Waals surface area contributed by atoms with Gasteiger partial charge in [-0.05, 0) is 36.8 Å². The molecule has 0 saturated carbocycles. The van der Waals surface area contributed by atoms with Crippen LogP contribution in [0.3, 0.4) is 0 Å². The molecule has 1 aromatic carbocycles. The summed E-state index contributed by atoms with van der Waals surface area (Å²) in [4.78, 5) is 16.9. The number of aryl methyl sites for hydroxylation is 1. The van der Waals surface area contributed by atoms with Crippen molar-refractivity contribution in [3.05, 3.63) is 29.8 Å². The summed E-state index contributed by atoms with van der Waals surface area (Å²) in [6, 6.07) is 9.12. The Labute approximate surface area is 143 Å². The monoisotopic (exact) mass is 333 g/mol. The minimum Gasteiger partial charge on any atom is -0.369 e. The number of hydrogen-bond acceptors (Lipinski definition) is 4. The molecule has 1 atom stereocenters. The summed E-state index contributed by atoms with van der Waals surface area (Å²) >= 11 is 1.94. The highest BCUT2D eigenvalue weighted by molar-refractivity contribution is 7.99. The van der Waals surface area contributed by atoms with E-state index in [0.717, 1.165) is 44.9 Å². The van der Waals surface area contributed by atoms with Gasteiger partial charge in [0.1, 0.15) is 0 Å². The third-order valence-corrected chi connectivity index (χ3v) is 5.85. The van der Waals surface area contributed by atoms with Gasteiger partial charge in [0.05, 0.1) is 0 Å². The Balaban J connectivity index is 1.38. The maximum atomic E-state index is 12.0. The van der Waals surface area contributed by atoms with Crippen LogP contribution in [0.2, 0.25) is 0 Å². The normalized spacial score (nSPS) is 22.3. The SMILES string of the molecule is Cc1cccc(N2CCN(CCC(=O)N[C@@H]3CCSC3)CC2)c1. The fraction of sp³-hybridized carbons (Fsp3) is 0.611. The van der Waals surface area contributed by atoms with Crippen LogP contribution in [0.5, 0.6) is 0 Å². The number of hydrogen-bond donors (Lipinski definition) is 1. The van der Waals surface area contributed by atoms with Crippen LogP contribution < -0.4 is 10.2 Å². The Morgan fingerprint density at radius 1 is 1.30 bits per heavy atom. The molecule has 2 heterocycles. The number of benzene rings is 1. The van der Waals surface area contributed by atoms with Crippen molar-refractivity contribution in [3.8, 4) is 0 Å². The number of amides is 1. The molecule has 2 saturated heterocycles. The minimum atomic E-state index is 0.221. The molecule has 2 fully saturated rings. The van der Waals surface area contributed by atoms with Gasteiger partial charge in [-0.15, -0.1) is 0 Å². The van der Waals surface area contributed by atoms with Crippen LogP contribution in [0, 0.1) is 6.92 Å². The van der Waals surface area contributed by atoms with Crippen LogP contribution in [0.4, 0.5) is 5.69 Å². The quantitative estimate of drug-likeness (QED) is 0.895. The fourth-order valence-corrected chi connectivity index (χ4v) is 4.41. The molecular formula is C18H27N3OS. The zero-order chi connectivity index (χ0) is 16.1. The summed E-state index contributed by atoms with van der Waals surface area (Å²) in [7, 11) is 0. The van der Waals surface area contributed by atoms with Crippen molar-refractivity contribution < 1.29 is 4.79 Å². The lowest BCUT2D eigenvalue weighted by molar-refractivity contribution is -0.122. The molecule has 3 rings (SSSR count). The highest BCUT2D eigenvalue weighted by atomic mass is 32.2. The van der Waals surface area contributed by atoms with E-state index in [9.17, 15) is 4.79 Å². The molecule has 0 bridgehead atoms. The molecule has 5 heteroatoms. The van der Waals surface area contributed by atoms with Gasteiger partial charge in [-0.1, -0.05) is 12.1 Å². The zero-order valence-corrected chi connectivity index (χ0v) is 14.8. The molecule has 0 aromatic heterocycles. The summed E-state index contributed by atoms with van der Waals surface area (Å²) in [5.41, 5.74) is 2.63. The van der Waals surface area contributed by atoms with Gasteiger partial charge in [0.15, 0.2) is 0 Å². The average Bonchev–Trinajstić information content (AvgIpc) is 3.06. The van der Waals surface area contributed by atoms with Gasteiger partial charge in [0.2, 0.25) is 5.91 Å². The van der Waals surface area contributed by atoms with E-state index < -0.39 is 0 Å². The molecule has 0 spiro atoms. The molecule has 23 heavy (non-hydrogen) atoms. The third kappa shape index (κ3) is 4.88. The van der Waals surface area contributed by atoms with Crippen molar-refractivity contribution in [3.63, 3.8) is 0 Å². The van der Waals surface area contributed by atoms with E-state index in [1.54, 1.807) is 0 Å². The molecule has 0 radical (unpaired) electrons. The number of anilines is 1. The van der Waals surface area contributed by atoms with Crippen molar-refractivity contribution in [2.75, 3.05) is 49.1 Å². The first kappa shape index (κ1) is 16.7. The van der Waals surface area contributed by atoms with Crippen molar-refractivity contribution >= 4 is 23.4 Å². The minimum absolute atomic E-state index is 0.221. The van der Waals surface area contributed by atoms with Gasteiger partial charge in [-0.2, -0.15) is 11.8 Å². The molecular weight excluding hydrogens is 306 g/mol. The molecule has 2 aliphatic heterocycles. The van der Waals surface area contributed by atoms with E-state index in [2.05, 4.69) is 46.3 Å². The molecule has 4 nitrogen and oxygen atoms in total.